The van der Waals surface area contributed by atoms with Crippen molar-refractivity contribution < 1.29 is 4.39 Å². The van der Waals surface area contributed by atoms with Crippen LogP contribution in [0.3, 0.4) is 0 Å². The van der Waals surface area contributed by atoms with Crippen LogP contribution in [0.25, 0.3) is 11.3 Å². The van der Waals surface area contributed by atoms with Crippen molar-refractivity contribution in [1.82, 2.24) is 15.0 Å². The number of aromatic nitrogens is 3. The van der Waals surface area contributed by atoms with Crippen molar-refractivity contribution in [3.8, 4) is 11.3 Å². The Hall–Kier alpha value is -2.04. The summed E-state index contributed by atoms with van der Waals surface area (Å²) >= 11 is 0. The molecule has 1 N–H and O–H groups in total. The van der Waals surface area contributed by atoms with E-state index in [1.54, 1.807) is 26.2 Å². The molecule has 0 atom stereocenters. The summed E-state index contributed by atoms with van der Waals surface area (Å²) in [5.74, 6) is 0.936. The Bertz CT molecular complexity index is 554. The number of rotatable bonds is 2. The molecule has 2 aromatic heterocycles. The molecule has 0 amide bonds. The Morgan fingerprint density at radius 1 is 1.24 bits per heavy atom. The van der Waals surface area contributed by atoms with Crippen molar-refractivity contribution >= 4 is 5.82 Å². The first-order valence-electron chi connectivity index (χ1n) is 5.26. The summed E-state index contributed by atoms with van der Waals surface area (Å²) < 4.78 is 13.7. The highest BCUT2D eigenvalue weighted by molar-refractivity contribution is 5.68. The highest BCUT2D eigenvalue weighted by Gasteiger charge is 2.13. The van der Waals surface area contributed by atoms with Crippen LogP contribution in [0.2, 0.25) is 0 Å². The molecule has 5 heteroatoms. The first-order chi connectivity index (χ1) is 8.13. The van der Waals surface area contributed by atoms with Gasteiger partial charge >= 0.3 is 0 Å². The first kappa shape index (κ1) is 11.4. The fourth-order valence-corrected chi connectivity index (χ4v) is 1.70. The fraction of sp³-hybridized carbons (Fsp3) is 0.250. The van der Waals surface area contributed by atoms with Crippen LogP contribution in [0.15, 0.2) is 18.5 Å². The molecule has 2 rings (SSSR count). The molecular formula is C12H13FN4. The third-order valence-corrected chi connectivity index (χ3v) is 2.52. The van der Waals surface area contributed by atoms with Gasteiger partial charge in [-0.3, -0.25) is 4.98 Å². The standard InChI is InChI=1S/C12H13FN4/c1-7-11(9-4-5-15-6-10(9)13)16-8(2)17-12(7)14-3/h4-6H,1-3H3,(H,14,16,17). The van der Waals surface area contributed by atoms with Gasteiger partial charge in [-0.05, 0) is 19.9 Å². The van der Waals surface area contributed by atoms with Gasteiger partial charge in [-0.25, -0.2) is 14.4 Å². The number of hydrogen-bond donors (Lipinski definition) is 1. The second-order valence-electron chi connectivity index (χ2n) is 3.70. The number of aryl methyl sites for hydroxylation is 1. The maximum atomic E-state index is 13.7. The highest BCUT2D eigenvalue weighted by Crippen LogP contribution is 2.26. The molecule has 0 aliphatic rings. The molecular weight excluding hydrogens is 219 g/mol. The first-order valence-corrected chi connectivity index (χ1v) is 5.26. The third kappa shape index (κ3) is 2.08. The van der Waals surface area contributed by atoms with Crippen LogP contribution in [-0.4, -0.2) is 22.0 Å². The van der Waals surface area contributed by atoms with Crippen molar-refractivity contribution in [2.24, 2.45) is 0 Å². The van der Waals surface area contributed by atoms with Gasteiger partial charge in [-0.2, -0.15) is 0 Å². The predicted molar refractivity (Wildman–Crippen MR) is 64.2 cm³/mol. The number of nitrogens with one attached hydrogen (secondary N) is 1. The van der Waals surface area contributed by atoms with E-state index in [-0.39, 0.29) is 5.82 Å². The summed E-state index contributed by atoms with van der Waals surface area (Å²) in [6.45, 7) is 3.64. The topological polar surface area (TPSA) is 50.7 Å². The van der Waals surface area contributed by atoms with E-state index in [2.05, 4.69) is 20.3 Å². The summed E-state index contributed by atoms with van der Waals surface area (Å²) in [4.78, 5) is 12.3. The van der Waals surface area contributed by atoms with E-state index in [1.165, 1.54) is 6.20 Å². The molecule has 0 saturated carbocycles. The SMILES string of the molecule is CNc1nc(C)nc(-c2ccncc2F)c1C. The number of hydrogen-bond acceptors (Lipinski definition) is 4. The maximum Gasteiger partial charge on any atom is 0.150 e. The molecule has 0 fully saturated rings. The van der Waals surface area contributed by atoms with Crippen molar-refractivity contribution in [2.75, 3.05) is 12.4 Å². The minimum absolute atomic E-state index is 0.379. The van der Waals surface area contributed by atoms with E-state index < -0.39 is 0 Å². The molecule has 0 bridgehead atoms. The lowest BCUT2D eigenvalue weighted by molar-refractivity contribution is 0.624. The molecule has 0 aromatic carbocycles. The molecule has 2 heterocycles. The van der Waals surface area contributed by atoms with E-state index in [9.17, 15) is 4.39 Å². The lowest BCUT2D eigenvalue weighted by Crippen LogP contribution is -2.03. The van der Waals surface area contributed by atoms with Crippen LogP contribution in [-0.2, 0) is 0 Å². The van der Waals surface area contributed by atoms with Crippen molar-refractivity contribution in [3.05, 3.63) is 35.7 Å². The van der Waals surface area contributed by atoms with Gasteiger partial charge < -0.3 is 5.32 Å². The van der Waals surface area contributed by atoms with Gasteiger partial charge in [0.05, 0.1) is 11.9 Å². The Labute approximate surface area is 99.0 Å². The predicted octanol–water partition coefficient (Wildman–Crippen LogP) is 2.34. The molecule has 0 unspecified atom stereocenters. The van der Waals surface area contributed by atoms with Crippen molar-refractivity contribution in [3.63, 3.8) is 0 Å². The van der Waals surface area contributed by atoms with Gasteiger partial charge in [-0.15, -0.1) is 0 Å². The monoisotopic (exact) mass is 232 g/mol. The number of pyridine rings is 1. The maximum absolute atomic E-state index is 13.7. The average molecular weight is 232 g/mol. The van der Waals surface area contributed by atoms with Crippen molar-refractivity contribution in [1.29, 1.82) is 0 Å². The quantitative estimate of drug-likeness (QED) is 0.863. The lowest BCUT2D eigenvalue weighted by atomic mass is 10.1. The second kappa shape index (κ2) is 4.45. The van der Waals surface area contributed by atoms with E-state index in [0.29, 0.717) is 22.9 Å². The van der Waals surface area contributed by atoms with Crippen LogP contribution in [0, 0.1) is 19.7 Å². The number of nitrogens with zero attached hydrogens (tertiary/aromatic N) is 3. The fourth-order valence-electron chi connectivity index (χ4n) is 1.70. The number of halogens is 1. The smallest absolute Gasteiger partial charge is 0.150 e. The van der Waals surface area contributed by atoms with E-state index in [1.807, 2.05) is 6.92 Å². The molecule has 4 nitrogen and oxygen atoms in total. The molecule has 0 saturated heterocycles. The van der Waals surface area contributed by atoms with E-state index in [0.717, 1.165) is 5.56 Å². The van der Waals surface area contributed by atoms with Gasteiger partial charge in [0.25, 0.3) is 0 Å². The third-order valence-electron chi connectivity index (χ3n) is 2.52. The Morgan fingerprint density at radius 2 is 2.00 bits per heavy atom. The van der Waals surface area contributed by atoms with Crippen molar-refractivity contribution in [2.45, 2.75) is 13.8 Å². The van der Waals surface area contributed by atoms with Gasteiger partial charge in [-0.1, -0.05) is 0 Å². The summed E-state index contributed by atoms with van der Waals surface area (Å²) in [5, 5.41) is 2.98. The van der Waals surface area contributed by atoms with Crippen LogP contribution in [0.4, 0.5) is 10.2 Å². The Morgan fingerprint density at radius 3 is 2.65 bits per heavy atom. The second-order valence-corrected chi connectivity index (χ2v) is 3.70. The summed E-state index contributed by atoms with van der Waals surface area (Å²) in [7, 11) is 1.78. The molecule has 88 valence electrons. The van der Waals surface area contributed by atoms with Crippen LogP contribution in [0.1, 0.15) is 11.4 Å². The average Bonchev–Trinajstić information content (AvgIpc) is 2.32. The van der Waals surface area contributed by atoms with E-state index >= 15 is 0 Å². The summed E-state index contributed by atoms with van der Waals surface area (Å²) in [6, 6.07) is 1.61. The summed E-state index contributed by atoms with van der Waals surface area (Å²) in [6.07, 6.45) is 2.74. The molecule has 2 aromatic rings. The molecule has 0 aliphatic carbocycles. The summed E-state index contributed by atoms with van der Waals surface area (Å²) in [5.41, 5.74) is 1.87. The molecule has 0 aliphatic heterocycles. The Balaban J connectivity index is 2.67. The van der Waals surface area contributed by atoms with Gasteiger partial charge in [0.1, 0.15) is 11.6 Å². The normalized spacial score (nSPS) is 10.4. The lowest BCUT2D eigenvalue weighted by Gasteiger charge is -2.11. The number of anilines is 1. The molecule has 17 heavy (non-hydrogen) atoms. The van der Waals surface area contributed by atoms with Crippen LogP contribution < -0.4 is 5.32 Å². The van der Waals surface area contributed by atoms with Gasteiger partial charge in [0, 0.05) is 24.4 Å². The largest absolute Gasteiger partial charge is 0.373 e. The molecule has 0 radical (unpaired) electrons. The zero-order chi connectivity index (χ0) is 12.4. The molecule has 0 spiro atoms. The highest BCUT2D eigenvalue weighted by atomic mass is 19.1. The zero-order valence-corrected chi connectivity index (χ0v) is 9.95. The van der Waals surface area contributed by atoms with E-state index in [4.69, 9.17) is 0 Å². The zero-order valence-electron chi connectivity index (χ0n) is 9.95. The minimum atomic E-state index is -0.379. The van der Waals surface area contributed by atoms with Crippen LogP contribution >= 0.6 is 0 Å². The van der Waals surface area contributed by atoms with Crippen LogP contribution in [0.5, 0.6) is 0 Å². The Kier molecular flexibility index (Phi) is 2.99. The van der Waals surface area contributed by atoms with Gasteiger partial charge in [0.2, 0.25) is 0 Å². The van der Waals surface area contributed by atoms with Gasteiger partial charge in [0.15, 0.2) is 5.82 Å². The minimum Gasteiger partial charge on any atom is -0.373 e.